The first-order valence-electron chi connectivity index (χ1n) is 22.4. The van der Waals surface area contributed by atoms with Crippen LogP contribution >= 0.6 is 0 Å². The van der Waals surface area contributed by atoms with Crippen molar-refractivity contribution >= 4 is 33.8 Å². The second-order valence-electron chi connectivity index (χ2n) is 15.7. The molecule has 68 heavy (non-hydrogen) atoms. The molecule has 0 N–H and O–H groups in total. The third-order valence-corrected chi connectivity index (χ3v) is 11.3. The molecule has 0 aliphatic heterocycles. The molecule has 336 valence electrons. The second-order valence-corrected chi connectivity index (χ2v) is 15.7. The van der Waals surface area contributed by atoms with Crippen LogP contribution in [0, 0.1) is 6.92 Å². The number of furan rings is 1. The molecular formula is C59H52N6O3. The van der Waals surface area contributed by atoms with Gasteiger partial charge in [-0.05, 0) is 90.6 Å². The highest BCUT2D eigenvalue weighted by molar-refractivity contribution is 5.98. The van der Waals surface area contributed by atoms with Gasteiger partial charge in [-0.1, -0.05) is 154 Å². The Balaban J connectivity index is 1.10. The number of hydrogen-bond acceptors (Lipinski definition) is 9. The van der Waals surface area contributed by atoms with Gasteiger partial charge in [-0.25, -0.2) is 29.9 Å². The number of nitrogens with zero attached hydrogens (tertiary/aromatic N) is 6. The Bertz CT molecular complexity index is 3230. The van der Waals surface area contributed by atoms with Crippen LogP contribution in [0.15, 0.2) is 188 Å². The number of allylic oxidation sites excluding steroid dienone is 10. The maximum absolute atomic E-state index is 6.31. The van der Waals surface area contributed by atoms with E-state index in [2.05, 4.69) is 80.8 Å². The first kappa shape index (κ1) is 46.1. The molecule has 0 atom stereocenters. The summed E-state index contributed by atoms with van der Waals surface area (Å²) < 4.78 is 17.0. The summed E-state index contributed by atoms with van der Waals surface area (Å²) in [6.07, 6.45) is 18.3. The molecule has 0 unspecified atom stereocenters. The summed E-state index contributed by atoms with van der Waals surface area (Å²) in [5, 5.41) is 1.000. The highest BCUT2D eigenvalue weighted by atomic mass is 16.5. The summed E-state index contributed by atoms with van der Waals surface area (Å²) in [5.41, 5.74) is 11.1. The van der Waals surface area contributed by atoms with Crippen LogP contribution in [-0.2, 0) is 4.74 Å². The highest BCUT2D eigenvalue weighted by Gasteiger charge is 2.17. The number of fused-ring (bicyclic) bond motifs is 1. The van der Waals surface area contributed by atoms with E-state index in [4.69, 9.17) is 43.8 Å². The van der Waals surface area contributed by atoms with Gasteiger partial charge in [-0.15, -0.1) is 0 Å². The zero-order chi connectivity index (χ0) is 47.4. The van der Waals surface area contributed by atoms with Gasteiger partial charge < -0.3 is 13.9 Å². The summed E-state index contributed by atoms with van der Waals surface area (Å²) in [4.78, 5) is 29.5. The molecule has 0 aliphatic carbocycles. The molecular weight excluding hydrogens is 841 g/mol. The molecule has 0 amide bonds. The number of aromatic nitrogens is 6. The quantitative estimate of drug-likeness (QED) is 0.0825. The van der Waals surface area contributed by atoms with Crippen molar-refractivity contribution in [3.8, 4) is 62.4 Å². The number of benzene rings is 5. The molecule has 3 heterocycles. The maximum atomic E-state index is 6.31. The molecule has 9 heteroatoms. The third-order valence-electron chi connectivity index (χ3n) is 11.3. The molecule has 5 aromatic carbocycles. The predicted octanol–water partition coefficient (Wildman–Crippen LogP) is 14.3. The SMILES string of the molecule is C=C/C=C(\C=C/COC)c1nc(/C(=C/C=C\C)CC)nc(-c2ccc(-c3ccc4oc(C)c(/C=C(\C=C)c5ccc(-c6nc(-c7ccccc7)nc(-c7ccc(OC)cc7)n6)cc5)c4c3)cc2)n1. The summed E-state index contributed by atoms with van der Waals surface area (Å²) >= 11 is 0. The molecule has 0 spiro atoms. The molecule has 0 saturated heterocycles. The third kappa shape index (κ3) is 10.5. The summed E-state index contributed by atoms with van der Waals surface area (Å²) in [7, 11) is 3.31. The summed E-state index contributed by atoms with van der Waals surface area (Å²) in [6, 6.07) is 40.5. The van der Waals surface area contributed by atoms with E-state index in [9.17, 15) is 0 Å². The van der Waals surface area contributed by atoms with E-state index < -0.39 is 0 Å². The Kier molecular flexibility index (Phi) is 14.7. The van der Waals surface area contributed by atoms with E-state index in [1.165, 1.54) is 0 Å². The van der Waals surface area contributed by atoms with Crippen molar-refractivity contribution in [3.05, 3.63) is 212 Å². The highest BCUT2D eigenvalue weighted by Crippen LogP contribution is 2.35. The Morgan fingerprint density at radius 2 is 1.22 bits per heavy atom. The van der Waals surface area contributed by atoms with Crippen LogP contribution in [-0.4, -0.2) is 50.7 Å². The number of aryl methyl sites for hydroxylation is 1. The average Bonchev–Trinajstić information content (AvgIpc) is 3.71. The smallest absolute Gasteiger partial charge is 0.164 e. The molecule has 0 aliphatic rings. The van der Waals surface area contributed by atoms with Crippen LogP contribution in [0.4, 0.5) is 0 Å². The molecule has 3 aromatic heterocycles. The number of methoxy groups -OCH3 is 2. The van der Waals surface area contributed by atoms with E-state index in [-0.39, 0.29) is 0 Å². The topological polar surface area (TPSA) is 109 Å². The zero-order valence-corrected chi connectivity index (χ0v) is 39.0. The first-order valence-corrected chi connectivity index (χ1v) is 22.4. The lowest BCUT2D eigenvalue weighted by Crippen LogP contribution is -2.05. The van der Waals surface area contributed by atoms with Crippen LogP contribution < -0.4 is 4.74 Å². The monoisotopic (exact) mass is 892 g/mol. The van der Waals surface area contributed by atoms with E-state index >= 15 is 0 Å². The second kappa shape index (κ2) is 21.7. The van der Waals surface area contributed by atoms with Crippen LogP contribution in [0.3, 0.4) is 0 Å². The van der Waals surface area contributed by atoms with Gasteiger partial charge >= 0.3 is 0 Å². The van der Waals surface area contributed by atoms with Gasteiger partial charge in [-0.3, -0.25) is 0 Å². The first-order chi connectivity index (χ1) is 33.3. The van der Waals surface area contributed by atoms with Gasteiger partial charge in [0.25, 0.3) is 0 Å². The van der Waals surface area contributed by atoms with Crippen LogP contribution in [0.1, 0.15) is 48.8 Å². The predicted molar refractivity (Wildman–Crippen MR) is 278 cm³/mol. The molecule has 8 aromatic rings. The van der Waals surface area contributed by atoms with Crippen molar-refractivity contribution in [1.82, 2.24) is 29.9 Å². The van der Waals surface area contributed by atoms with Crippen LogP contribution in [0.25, 0.3) is 90.4 Å². The maximum Gasteiger partial charge on any atom is 0.164 e. The van der Waals surface area contributed by atoms with E-state index in [0.29, 0.717) is 41.6 Å². The van der Waals surface area contributed by atoms with E-state index in [1.807, 2.05) is 123 Å². The molecule has 0 radical (unpaired) electrons. The Morgan fingerprint density at radius 3 is 1.82 bits per heavy atom. The van der Waals surface area contributed by atoms with Crippen LogP contribution in [0.2, 0.25) is 0 Å². The number of hydrogen-bond donors (Lipinski definition) is 0. The van der Waals surface area contributed by atoms with Crippen molar-refractivity contribution in [1.29, 1.82) is 0 Å². The van der Waals surface area contributed by atoms with Crippen LogP contribution in [0.5, 0.6) is 5.75 Å². The standard InChI is InChI=1S/C59H52N6O3/c1-8-12-18-40(10-3)54-60-55(44(17-9-2)21-16-36-66-6)62-57(61-54)47-28-24-43(25-29-47)49-32-35-53-52(38-49)51(39(5)68-53)37-41(11-4)42-22-26-46(27-23-42)58-63-56(45-19-14-13-15-20-45)64-59(65-58)48-30-33-50(67-7)34-31-48/h8-9,11-35,37-38H,2,4,10,36H2,1,3,5-7H3/b12-8-,21-16-,40-18+,41-37+,44-17+. The van der Waals surface area contributed by atoms with Gasteiger partial charge in [0.15, 0.2) is 34.9 Å². The fourth-order valence-electron chi connectivity index (χ4n) is 7.67. The molecule has 0 saturated carbocycles. The van der Waals surface area contributed by atoms with Crippen molar-refractivity contribution in [2.75, 3.05) is 20.8 Å². The largest absolute Gasteiger partial charge is 0.497 e. The minimum atomic E-state index is 0.460. The summed E-state index contributed by atoms with van der Waals surface area (Å²) in [6.45, 7) is 14.7. The minimum absolute atomic E-state index is 0.460. The summed E-state index contributed by atoms with van der Waals surface area (Å²) in [5.74, 6) is 5.07. The lowest BCUT2D eigenvalue weighted by atomic mass is 9.98. The molecule has 0 fully saturated rings. The zero-order valence-electron chi connectivity index (χ0n) is 39.0. The van der Waals surface area contributed by atoms with Gasteiger partial charge in [0.05, 0.1) is 13.7 Å². The normalized spacial score (nSPS) is 12.3. The minimum Gasteiger partial charge on any atom is -0.497 e. The average molecular weight is 893 g/mol. The number of rotatable bonds is 17. The lowest BCUT2D eigenvalue weighted by Gasteiger charge is -2.11. The fraction of sp³-hybridized carbons (Fsp3) is 0.119. The molecule has 0 bridgehead atoms. The van der Waals surface area contributed by atoms with Gasteiger partial charge in [-0.2, -0.15) is 0 Å². The van der Waals surface area contributed by atoms with Gasteiger partial charge in [0, 0.05) is 45.9 Å². The Hall–Kier alpha value is -8.40. The number of ether oxygens (including phenoxy) is 2. The van der Waals surface area contributed by atoms with E-state index in [0.717, 1.165) is 90.1 Å². The van der Waals surface area contributed by atoms with E-state index in [1.54, 1.807) is 20.3 Å². The lowest BCUT2D eigenvalue weighted by molar-refractivity contribution is 0.234. The van der Waals surface area contributed by atoms with Crippen molar-refractivity contribution in [2.45, 2.75) is 27.2 Å². The molecule has 8 rings (SSSR count). The fourth-order valence-corrected chi connectivity index (χ4v) is 7.67. The Labute approximate surface area is 398 Å². The van der Waals surface area contributed by atoms with Crippen molar-refractivity contribution in [2.24, 2.45) is 0 Å². The van der Waals surface area contributed by atoms with Crippen molar-refractivity contribution in [3.63, 3.8) is 0 Å². The Morgan fingerprint density at radius 1 is 0.632 bits per heavy atom. The van der Waals surface area contributed by atoms with Crippen molar-refractivity contribution < 1.29 is 13.9 Å². The molecule has 9 nitrogen and oxygen atoms in total. The van der Waals surface area contributed by atoms with Gasteiger partial charge in [0.2, 0.25) is 0 Å². The van der Waals surface area contributed by atoms with Gasteiger partial charge in [0.1, 0.15) is 17.1 Å².